The van der Waals surface area contributed by atoms with Gasteiger partial charge >= 0.3 is 0 Å². The molecule has 0 spiro atoms. The van der Waals surface area contributed by atoms with E-state index in [0.717, 1.165) is 10.6 Å². The number of fused-ring (bicyclic) bond motifs is 1. The molecule has 140 valence electrons. The minimum Gasteiger partial charge on any atom is -0.378 e. The van der Waals surface area contributed by atoms with Crippen molar-refractivity contribution in [3.05, 3.63) is 58.6 Å². The molecule has 0 aliphatic carbocycles. The van der Waals surface area contributed by atoms with Gasteiger partial charge in [-0.3, -0.25) is 19.7 Å². The summed E-state index contributed by atoms with van der Waals surface area (Å²) in [4.78, 5) is 35.7. The van der Waals surface area contributed by atoms with Crippen LogP contribution in [0, 0.1) is 10.1 Å². The van der Waals surface area contributed by atoms with E-state index < -0.39 is 10.2 Å². The van der Waals surface area contributed by atoms with Crippen molar-refractivity contribution in [1.29, 1.82) is 0 Å². The van der Waals surface area contributed by atoms with Crippen LogP contribution in [-0.4, -0.2) is 35.1 Å². The SMILES string of the molecule is O=C(C[C@H]1Sc2ccccc2NC1=O)NCCNc1ccccc1[N+](=O)[O-]. The molecule has 0 saturated carbocycles. The lowest BCUT2D eigenvalue weighted by Crippen LogP contribution is -2.36. The number of hydrogen-bond donors (Lipinski definition) is 3. The van der Waals surface area contributed by atoms with E-state index in [0.29, 0.717) is 18.8 Å². The quantitative estimate of drug-likeness (QED) is 0.383. The fourth-order valence-corrected chi connectivity index (χ4v) is 3.76. The summed E-state index contributed by atoms with van der Waals surface area (Å²) < 4.78 is 0. The summed E-state index contributed by atoms with van der Waals surface area (Å²) in [5.74, 6) is -0.432. The number of nitrogens with one attached hydrogen (secondary N) is 3. The molecule has 8 nitrogen and oxygen atoms in total. The standard InChI is InChI=1S/C18H18N4O4S/c23-17(11-16-18(24)21-13-6-2-4-8-15(13)27-16)20-10-9-19-12-5-1-3-7-14(12)22(25)26/h1-8,16,19H,9-11H2,(H,20,23)(H,21,24)/t16-/m1/s1. The molecule has 2 aromatic rings. The van der Waals surface area contributed by atoms with Crippen LogP contribution in [0.25, 0.3) is 0 Å². The minimum absolute atomic E-state index is 0.0160. The van der Waals surface area contributed by atoms with Crippen LogP contribution in [0.2, 0.25) is 0 Å². The Labute approximate surface area is 159 Å². The maximum Gasteiger partial charge on any atom is 0.292 e. The minimum atomic E-state index is -0.483. The summed E-state index contributed by atoms with van der Waals surface area (Å²) in [6, 6.07) is 13.8. The Morgan fingerprint density at radius 3 is 2.70 bits per heavy atom. The van der Waals surface area contributed by atoms with E-state index >= 15 is 0 Å². The molecule has 3 N–H and O–H groups in total. The van der Waals surface area contributed by atoms with Crippen molar-refractivity contribution in [2.75, 3.05) is 23.7 Å². The Morgan fingerprint density at radius 2 is 1.89 bits per heavy atom. The topological polar surface area (TPSA) is 113 Å². The number of hydrogen-bond acceptors (Lipinski definition) is 6. The van der Waals surface area contributed by atoms with Gasteiger partial charge in [0.15, 0.2) is 0 Å². The molecule has 1 aliphatic heterocycles. The van der Waals surface area contributed by atoms with E-state index in [1.165, 1.54) is 17.8 Å². The average Bonchev–Trinajstić information content (AvgIpc) is 2.66. The third-order valence-electron chi connectivity index (χ3n) is 3.94. The number of benzene rings is 2. The monoisotopic (exact) mass is 386 g/mol. The van der Waals surface area contributed by atoms with Gasteiger partial charge in [0.1, 0.15) is 5.69 Å². The maximum absolute atomic E-state index is 12.1. The number of nitro groups is 1. The third kappa shape index (κ3) is 4.76. The molecule has 1 heterocycles. The van der Waals surface area contributed by atoms with Crippen LogP contribution >= 0.6 is 11.8 Å². The van der Waals surface area contributed by atoms with Gasteiger partial charge in [-0.2, -0.15) is 0 Å². The summed E-state index contributed by atoms with van der Waals surface area (Å²) >= 11 is 1.37. The molecule has 0 saturated heterocycles. The summed E-state index contributed by atoms with van der Waals surface area (Å²) in [6.45, 7) is 0.629. The van der Waals surface area contributed by atoms with Gasteiger partial charge in [0.25, 0.3) is 5.69 Å². The second-order valence-electron chi connectivity index (χ2n) is 5.85. The Kier molecular flexibility index (Phi) is 5.92. The van der Waals surface area contributed by atoms with E-state index in [9.17, 15) is 19.7 Å². The molecular weight excluding hydrogens is 368 g/mol. The molecule has 0 unspecified atom stereocenters. The van der Waals surface area contributed by atoms with Crippen LogP contribution in [0.5, 0.6) is 0 Å². The number of carbonyl (C=O) groups is 2. The zero-order valence-electron chi connectivity index (χ0n) is 14.3. The predicted molar refractivity (Wildman–Crippen MR) is 104 cm³/mol. The number of nitro benzene ring substituents is 1. The fourth-order valence-electron chi connectivity index (χ4n) is 2.65. The highest BCUT2D eigenvalue weighted by molar-refractivity contribution is 8.01. The van der Waals surface area contributed by atoms with Crippen molar-refractivity contribution < 1.29 is 14.5 Å². The van der Waals surface area contributed by atoms with Gasteiger partial charge in [-0.25, -0.2) is 0 Å². The van der Waals surface area contributed by atoms with Crippen LogP contribution in [0.1, 0.15) is 6.42 Å². The van der Waals surface area contributed by atoms with Gasteiger partial charge in [-0.1, -0.05) is 24.3 Å². The first-order valence-corrected chi connectivity index (χ1v) is 9.23. The number of anilines is 2. The highest BCUT2D eigenvalue weighted by atomic mass is 32.2. The molecule has 0 fully saturated rings. The first kappa shape index (κ1) is 18.7. The number of rotatable bonds is 7. The summed E-state index contributed by atoms with van der Waals surface area (Å²) in [5.41, 5.74) is 1.14. The maximum atomic E-state index is 12.1. The number of amides is 2. The van der Waals surface area contributed by atoms with E-state index in [-0.39, 0.29) is 23.9 Å². The lowest BCUT2D eigenvalue weighted by Gasteiger charge is -2.23. The van der Waals surface area contributed by atoms with E-state index in [2.05, 4.69) is 16.0 Å². The number of carbonyl (C=O) groups excluding carboxylic acids is 2. The first-order valence-electron chi connectivity index (χ1n) is 8.35. The van der Waals surface area contributed by atoms with E-state index in [4.69, 9.17) is 0 Å². The van der Waals surface area contributed by atoms with Gasteiger partial charge < -0.3 is 16.0 Å². The lowest BCUT2D eigenvalue weighted by molar-refractivity contribution is -0.384. The van der Waals surface area contributed by atoms with Gasteiger partial charge in [-0.05, 0) is 18.2 Å². The Bertz CT molecular complexity index is 874. The van der Waals surface area contributed by atoms with Crippen molar-refractivity contribution in [3.8, 4) is 0 Å². The van der Waals surface area contributed by atoms with E-state index in [1.54, 1.807) is 18.2 Å². The van der Waals surface area contributed by atoms with Crippen molar-refractivity contribution in [3.63, 3.8) is 0 Å². The van der Waals surface area contributed by atoms with Crippen molar-refractivity contribution in [2.45, 2.75) is 16.6 Å². The largest absolute Gasteiger partial charge is 0.378 e. The highest BCUT2D eigenvalue weighted by Gasteiger charge is 2.28. The summed E-state index contributed by atoms with van der Waals surface area (Å²) in [6.07, 6.45) is 0.0658. The molecular formula is C18H18N4O4S. The molecule has 1 atom stereocenters. The van der Waals surface area contributed by atoms with E-state index in [1.807, 2.05) is 24.3 Å². The zero-order chi connectivity index (χ0) is 19.2. The summed E-state index contributed by atoms with van der Waals surface area (Å²) in [7, 11) is 0. The van der Waals surface area contributed by atoms with Crippen molar-refractivity contribution in [1.82, 2.24) is 5.32 Å². The molecule has 2 aromatic carbocycles. The molecule has 0 bridgehead atoms. The van der Waals surface area contributed by atoms with Crippen molar-refractivity contribution in [2.24, 2.45) is 0 Å². The third-order valence-corrected chi connectivity index (χ3v) is 5.22. The highest BCUT2D eigenvalue weighted by Crippen LogP contribution is 2.36. The zero-order valence-corrected chi connectivity index (χ0v) is 15.1. The van der Waals surface area contributed by atoms with Gasteiger partial charge in [0.2, 0.25) is 11.8 Å². The van der Waals surface area contributed by atoms with Crippen LogP contribution in [0.3, 0.4) is 0 Å². The average molecular weight is 386 g/mol. The molecule has 0 radical (unpaired) electrons. The Morgan fingerprint density at radius 1 is 1.15 bits per heavy atom. The second kappa shape index (κ2) is 8.54. The number of para-hydroxylation sites is 3. The molecule has 0 aromatic heterocycles. The predicted octanol–water partition coefficient (Wildman–Crippen LogP) is 2.63. The van der Waals surface area contributed by atoms with Gasteiger partial charge in [0, 0.05) is 30.5 Å². The molecule has 2 amide bonds. The number of nitrogens with zero attached hydrogens (tertiary/aromatic N) is 1. The normalized spacial score (nSPS) is 15.4. The first-order chi connectivity index (χ1) is 13.0. The fraction of sp³-hybridized carbons (Fsp3) is 0.222. The molecule has 9 heteroatoms. The molecule has 27 heavy (non-hydrogen) atoms. The van der Waals surface area contributed by atoms with Crippen molar-refractivity contribution >= 4 is 40.6 Å². The second-order valence-corrected chi connectivity index (χ2v) is 7.09. The van der Waals surface area contributed by atoms with Crippen LogP contribution in [0.4, 0.5) is 17.1 Å². The van der Waals surface area contributed by atoms with Crippen LogP contribution in [-0.2, 0) is 9.59 Å². The molecule has 1 aliphatic rings. The smallest absolute Gasteiger partial charge is 0.292 e. The van der Waals surface area contributed by atoms with Gasteiger partial charge in [-0.15, -0.1) is 11.8 Å². The van der Waals surface area contributed by atoms with Gasteiger partial charge in [0.05, 0.1) is 15.9 Å². The Hall–Kier alpha value is -3.07. The molecule has 3 rings (SSSR count). The summed E-state index contributed by atoms with van der Waals surface area (Å²) in [5, 5.41) is 18.9. The number of thioether (sulfide) groups is 1. The lowest BCUT2D eigenvalue weighted by atomic mass is 10.2. The van der Waals surface area contributed by atoms with Crippen LogP contribution in [0.15, 0.2) is 53.4 Å². The van der Waals surface area contributed by atoms with Crippen LogP contribution < -0.4 is 16.0 Å². The Balaban J connectivity index is 1.46.